The first-order valence-electron chi connectivity index (χ1n) is 12.5. The first-order chi connectivity index (χ1) is 18.5. The maximum atomic E-state index is 14.9. The number of carboxylic acids is 1. The van der Waals surface area contributed by atoms with E-state index in [4.69, 9.17) is 15.2 Å². The van der Waals surface area contributed by atoms with Crippen molar-refractivity contribution in [3.63, 3.8) is 0 Å². The molecule has 3 N–H and O–H groups in total. The van der Waals surface area contributed by atoms with Crippen molar-refractivity contribution in [2.45, 2.75) is 39.5 Å². The molecule has 39 heavy (non-hydrogen) atoms. The number of nitrogens with zero attached hydrogens (tertiary/aromatic N) is 3. The summed E-state index contributed by atoms with van der Waals surface area (Å²) < 4.78 is 40.7. The molecule has 1 amide bonds. The largest absolute Gasteiger partial charge is 0.480 e. The van der Waals surface area contributed by atoms with Gasteiger partial charge in [-0.3, -0.25) is 0 Å². The van der Waals surface area contributed by atoms with Crippen LogP contribution in [-0.4, -0.2) is 58.8 Å². The number of carbonyl (C=O) groups excluding carboxylic acids is 1. The Hall–Kier alpha value is -4.25. The number of benzene rings is 2. The molecule has 2 aromatic carbocycles. The van der Waals surface area contributed by atoms with Gasteiger partial charge in [0, 0.05) is 25.7 Å². The normalized spacial score (nSPS) is 15.4. The number of aryl methyl sites for hydroxylation is 1. The molecule has 1 aliphatic rings. The second-order valence-electron chi connectivity index (χ2n) is 9.55. The molecule has 2 heterocycles. The molecule has 11 heteroatoms. The van der Waals surface area contributed by atoms with Gasteiger partial charge in [0.15, 0.2) is 17.5 Å². The molecule has 1 aliphatic heterocycles. The van der Waals surface area contributed by atoms with Crippen LogP contribution >= 0.6 is 0 Å². The van der Waals surface area contributed by atoms with E-state index in [2.05, 4.69) is 4.98 Å². The fraction of sp³-hybridized carbons (Fsp3) is 0.321. The molecule has 0 radical (unpaired) electrons. The summed E-state index contributed by atoms with van der Waals surface area (Å²) in [5, 5.41) is 9.82. The van der Waals surface area contributed by atoms with E-state index in [0.717, 1.165) is 22.3 Å². The van der Waals surface area contributed by atoms with Gasteiger partial charge in [0.25, 0.3) is 5.88 Å². The molecule has 1 atom stereocenters. The fourth-order valence-electron chi connectivity index (χ4n) is 4.37. The van der Waals surface area contributed by atoms with Gasteiger partial charge in [-0.25, -0.2) is 18.4 Å². The highest BCUT2D eigenvalue weighted by Gasteiger charge is 2.37. The van der Waals surface area contributed by atoms with Crippen molar-refractivity contribution in [3.8, 4) is 22.8 Å². The van der Waals surface area contributed by atoms with Crippen LogP contribution in [0.2, 0.25) is 0 Å². The average molecular weight is 541 g/mol. The number of carbonyl (C=O) groups is 2. The van der Waals surface area contributed by atoms with Crippen LogP contribution in [0.4, 0.5) is 19.4 Å². The number of hydrogen-bond acceptors (Lipinski definition) is 7. The third kappa shape index (κ3) is 6.43. The summed E-state index contributed by atoms with van der Waals surface area (Å²) in [5.74, 6) is -4.02. The number of aromatic nitrogens is 1. The van der Waals surface area contributed by atoms with Crippen molar-refractivity contribution in [2.75, 3.05) is 24.5 Å². The number of nitrogens with two attached hydrogens (primary N) is 1. The van der Waals surface area contributed by atoms with Gasteiger partial charge in [-0.15, -0.1) is 0 Å². The second-order valence-corrected chi connectivity index (χ2v) is 9.55. The maximum Gasteiger partial charge on any atom is 0.410 e. The third-order valence-electron chi connectivity index (χ3n) is 6.17. The Labute approximate surface area is 224 Å². The Bertz CT molecular complexity index is 1380. The van der Waals surface area contributed by atoms with Crippen molar-refractivity contribution < 1.29 is 33.0 Å². The first kappa shape index (κ1) is 27.8. The first-order valence-corrected chi connectivity index (χ1v) is 12.5. The lowest BCUT2D eigenvalue weighted by molar-refractivity contribution is -0.139. The molecule has 1 aromatic heterocycles. The lowest BCUT2D eigenvalue weighted by atomic mass is 10.0. The van der Waals surface area contributed by atoms with Crippen molar-refractivity contribution in [3.05, 3.63) is 71.3 Å². The van der Waals surface area contributed by atoms with Crippen molar-refractivity contribution in [1.29, 1.82) is 0 Å². The topological polar surface area (TPSA) is 118 Å². The molecule has 206 valence electrons. The van der Waals surface area contributed by atoms with Gasteiger partial charge in [-0.05, 0) is 61.2 Å². The number of pyridine rings is 1. The highest BCUT2D eigenvalue weighted by Crippen LogP contribution is 2.33. The number of ether oxygens (including phenoxy) is 2. The van der Waals surface area contributed by atoms with E-state index in [-0.39, 0.29) is 37.3 Å². The smallest absolute Gasteiger partial charge is 0.410 e. The van der Waals surface area contributed by atoms with Gasteiger partial charge in [0.05, 0.1) is 12.6 Å². The molecule has 3 aromatic rings. The maximum absolute atomic E-state index is 14.9. The highest BCUT2D eigenvalue weighted by molar-refractivity contribution is 5.80. The summed E-state index contributed by atoms with van der Waals surface area (Å²) in [7, 11) is 0. The van der Waals surface area contributed by atoms with Gasteiger partial charge in [0.2, 0.25) is 0 Å². The number of rotatable bonds is 7. The number of piperazine rings is 1. The van der Waals surface area contributed by atoms with Gasteiger partial charge in [-0.2, -0.15) is 4.98 Å². The van der Waals surface area contributed by atoms with Crippen molar-refractivity contribution in [2.24, 2.45) is 5.73 Å². The lowest BCUT2D eigenvalue weighted by Crippen LogP contribution is -2.58. The minimum atomic E-state index is -1.33. The summed E-state index contributed by atoms with van der Waals surface area (Å²) >= 11 is 0. The van der Waals surface area contributed by atoms with E-state index in [0.29, 0.717) is 12.6 Å². The van der Waals surface area contributed by atoms with Crippen LogP contribution in [0.3, 0.4) is 0 Å². The Morgan fingerprint density at radius 1 is 1.10 bits per heavy atom. The van der Waals surface area contributed by atoms with Gasteiger partial charge >= 0.3 is 12.1 Å². The number of carboxylic acid groups (broad SMARTS) is 1. The van der Waals surface area contributed by atoms with Gasteiger partial charge in [0.1, 0.15) is 11.8 Å². The predicted molar refractivity (Wildman–Crippen MR) is 141 cm³/mol. The zero-order valence-corrected chi connectivity index (χ0v) is 21.9. The summed E-state index contributed by atoms with van der Waals surface area (Å²) in [6, 6.07) is 12.2. The highest BCUT2D eigenvalue weighted by atomic mass is 19.1. The van der Waals surface area contributed by atoms with Crippen molar-refractivity contribution in [1.82, 2.24) is 9.88 Å². The summed E-state index contributed by atoms with van der Waals surface area (Å²) in [6.07, 6.45) is -1.05. The van der Waals surface area contributed by atoms with E-state index < -0.39 is 35.6 Å². The number of anilines is 1. The van der Waals surface area contributed by atoms with E-state index >= 15 is 0 Å². The Balaban J connectivity index is 1.63. The lowest BCUT2D eigenvalue weighted by Gasteiger charge is -2.39. The van der Waals surface area contributed by atoms with E-state index in [1.165, 1.54) is 9.80 Å². The monoisotopic (exact) mass is 540 g/mol. The van der Waals surface area contributed by atoms with Crippen LogP contribution in [0.15, 0.2) is 48.5 Å². The van der Waals surface area contributed by atoms with E-state index in [1.54, 1.807) is 26.0 Å². The third-order valence-corrected chi connectivity index (χ3v) is 6.17. The molecular formula is C28H30F2N4O5. The number of aliphatic carboxylic acids is 1. The summed E-state index contributed by atoms with van der Waals surface area (Å²) in [4.78, 5) is 30.8. The summed E-state index contributed by atoms with van der Waals surface area (Å²) in [5.41, 5.74) is 9.23. The standard InChI is InChI=1S/C28H30F2N4O5/c1-16(2)38-28(37)33-7-8-34(24(15-33)27(35)36)25-22(29)13-23(30)26(32-25)39-21-10-17(3)9-20(12-21)19-6-4-5-18(11-19)14-31/h4-6,9-13,16,24H,7-8,14-15,31H2,1-3H3,(H,35,36). The van der Waals surface area contributed by atoms with Crippen LogP contribution in [0, 0.1) is 18.6 Å². The predicted octanol–water partition coefficient (Wildman–Crippen LogP) is 4.71. The van der Waals surface area contributed by atoms with Gasteiger partial charge < -0.3 is 30.1 Å². The molecular weight excluding hydrogens is 510 g/mol. The number of amides is 1. The molecule has 0 saturated carbocycles. The van der Waals surface area contributed by atoms with Crippen LogP contribution in [-0.2, 0) is 16.1 Å². The summed E-state index contributed by atoms with van der Waals surface area (Å²) in [6.45, 7) is 5.31. The minimum Gasteiger partial charge on any atom is -0.480 e. The molecule has 0 aliphatic carbocycles. The molecule has 4 rings (SSSR count). The Kier molecular flexibility index (Phi) is 8.29. The Morgan fingerprint density at radius 3 is 2.56 bits per heavy atom. The average Bonchev–Trinajstić information content (AvgIpc) is 2.89. The van der Waals surface area contributed by atoms with Crippen LogP contribution < -0.4 is 15.4 Å². The zero-order valence-electron chi connectivity index (χ0n) is 21.9. The number of halogens is 2. The zero-order chi connectivity index (χ0) is 28.3. The molecule has 9 nitrogen and oxygen atoms in total. The van der Waals surface area contributed by atoms with Crippen LogP contribution in [0.25, 0.3) is 11.1 Å². The van der Waals surface area contributed by atoms with E-state index in [1.807, 2.05) is 37.3 Å². The molecule has 1 unspecified atom stereocenters. The minimum absolute atomic E-state index is 0.0626. The molecule has 1 fully saturated rings. The van der Waals surface area contributed by atoms with Gasteiger partial charge in [-0.1, -0.05) is 24.3 Å². The SMILES string of the molecule is Cc1cc(Oc2nc(N3CCN(C(=O)OC(C)C)CC3C(=O)O)c(F)cc2F)cc(-c2cccc(CN)c2)c1. The van der Waals surface area contributed by atoms with Crippen molar-refractivity contribution >= 4 is 17.9 Å². The molecule has 0 spiro atoms. The quantitative estimate of drug-likeness (QED) is 0.443. The molecule has 1 saturated heterocycles. The van der Waals surface area contributed by atoms with E-state index in [9.17, 15) is 23.5 Å². The Morgan fingerprint density at radius 2 is 1.87 bits per heavy atom. The molecule has 0 bridgehead atoms. The van der Waals surface area contributed by atoms with Crippen LogP contribution in [0.1, 0.15) is 25.0 Å². The number of hydrogen-bond donors (Lipinski definition) is 2. The second kappa shape index (κ2) is 11.6. The fourth-order valence-corrected chi connectivity index (χ4v) is 4.37. The van der Waals surface area contributed by atoms with Crippen LogP contribution in [0.5, 0.6) is 11.6 Å².